The predicted molar refractivity (Wildman–Crippen MR) is 377 cm³/mol. The molecular weight excluding hydrogens is 1220 g/mol. The molecule has 0 bridgehead atoms. The summed E-state index contributed by atoms with van der Waals surface area (Å²) in [5.41, 5.74) is 0. The SMILES string of the molecule is CCCCCCCCCCCCCCCCC(=O)OC[C@H](COP(=O)(O)OC[C@@H](O)COP(=O)(O)OC[C@@H](COC(=O)CCCCCCCCC)OC(=O)CCCCCCCCCC(C)C)OC(=O)CCCCCCCCCCCCCCCCCCCCC(C)CC. The van der Waals surface area contributed by atoms with E-state index in [-0.39, 0.29) is 25.7 Å². The van der Waals surface area contributed by atoms with E-state index in [1.807, 2.05) is 0 Å². The minimum atomic E-state index is -4.95. The van der Waals surface area contributed by atoms with E-state index in [9.17, 15) is 43.2 Å². The van der Waals surface area contributed by atoms with E-state index < -0.39 is 97.5 Å². The van der Waals surface area contributed by atoms with Crippen LogP contribution >= 0.6 is 15.6 Å². The Bertz CT molecular complexity index is 1810. The smallest absolute Gasteiger partial charge is 0.462 e. The Morgan fingerprint density at radius 2 is 0.548 bits per heavy atom. The lowest BCUT2D eigenvalue weighted by Gasteiger charge is -2.21. The second-order valence-electron chi connectivity index (χ2n) is 27.4. The Hall–Kier alpha value is -1.94. The van der Waals surface area contributed by atoms with Gasteiger partial charge in [-0.3, -0.25) is 37.3 Å². The number of aliphatic hydroxyl groups excluding tert-OH is 1. The highest BCUT2D eigenvalue weighted by atomic mass is 31.2. The van der Waals surface area contributed by atoms with Gasteiger partial charge in [0.1, 0.15) is 19.3 Å². The van der Waals surface area contributed by atoms with Crippen LogP contribution in [0.5, 0.6) is 0 Å². The lowest BCUT2D eigenvalue weighted by atomic mass is 9.99. The van der Waals surface area contributed by atoms with Crippen molar-refractivity contribution in [1.29, 1.82) is 0 Å². The Labute approximate surface area is 568 Å². The molecule has 3 N–H and O–H groups in total. The van der Waals surface area contributed by atoms with Crippen molar-refractivity contribution in [2.45, 2.75) is 400 Å². The van der Waals surface area contributed by atoms with Crippen LogP contribution in [-0.2, 0) is 65.4 Å². The molecule has 552 valence electrons. The summed E-state index contributed by atoms with van der Waals surface area (Å²) in [6.07, 6.45) is 53.0. The van der Waals surface area contributed by atoms with Crippen molar-refractivity contribution in [3.63, 3.8) is 0 Å². The number of unbranched alkanes of at least 4 members (excludes halogenated alkanes) is 42. The molecule has 0 aliphatic rings. The maximum Gasteiger partial charge on any atom is 0.472 e. The van der Waals surface area contributed by atoms with Crippen LogP contribution in [0.1, 0.15) is 382 Å². The second-order valence-corrected chi connectivity index (χ2v) is 30.3. The number of phosphoric ester groups is 2. The van der Waals surface area contributed by atoms with Gasteiger partial charge < -0.3 is 33.8 Å². The molecule has 0 fully saturated rings. The number of carbonyl (C=O) groups is 4. The van der Waals surface area contributed by atoms with Crippen molar-refractivity contribution >= 4 is 39.5 Å². The molecule has 0 aromatic heterocycles. The van der Waals surface area contributed by atoms with Crippen molar-refractivity contribution < 1.29 is 80.2 Å². The highest BCUT2D eigenvalue weighted by Gasteiger charge is 2.30. The molecule has 3 unspecified atom stereocenters. The number of aliphatic hydroxyl groups is 1. The second kappa shape index (κ2) is 66.0. The molecule has 0 saturated heterocycles. The van der Waals surface area contributed by atoms with Gasteiger partial charge in [-0.2, -0.15) is 0 Å². The summed E-state index contributed by atoms with van der Waals surface area (Å²) in [7, 11) is -9.90. The van der Waals surface area contributed by atoms with Gasteiger partial charge in [0, 0.05) is 25.7 Å². The molecule has 0 rings (SSSR count). The van der Waals surface area contributed by atoms with Gasteiger partial charge in [0.2, 0.25) is 0 Å². The first kappa shape index (κ1) is 91.1. The van der Waals surface area contributed by atoms with E-state index in [0.717, 1.165) is 109 Å². The zero-order valence-corrected chi connectivity index (χ0v) is 62.3. The van der Waals surface area contributed by atoms with E-state index in [1.165, 1.54) is 186 Å². The van der Waals surface area contributed by atoms with Gasteiger partial charge in [-0.15, -0.1) is 0 Å². The molecule has 6 atom stereocenters. The largest absolute Gasteiger partial charge is 0.472 e. The molecular formula is C74H144O17P2. The van der Waals surface area contributed by atoms with Crippen LogP contribution in [0.3, 0.4) is 0 Å². The van der Waals surface area contributed by atoms with Gasteiger partial charge in [-0.25, -0.2) is 9.13 Å². The predicted octanol–water partition coefficient (Wildman–Crippen LogP) is 21.6. The Balaban J connectivity index is 5.14. The maximum atomic E-state index is 13.1. The van der Waals surface area contributed by atoms with E-state index >= 15 is 0 Å². The molecule has 0 aromatic rings. The van der Waals surface area contributed by atoms with Crippen molar-refractivity contribution in [3.8, 4) is 0 Å². The standard InChI is InChI=1S/C74H144O17P2/c1-7-10-12-14-16-17-18-19-27-30-33-39-45-51-57-72(77)85-63-70(90-73(78)58-52-46-40-34-31-28-25-23-21-20-22-24-26-29-32-38-43-49-55-67(6)9-3)65-89-93(82,83)87-61-68(75)60-86-92(80,81)88-64-69(62-84-71(76)56-50-44-36-15-13-11-8-2)91-74(79)59-53-47-41-35-37-42-48-54-66(4)5/h66-70,75H,7-65H2,1-6H3,(H,80,81)(H,82,83)/t67?,68-,69+,70+/m0/s1. The molecule has 0 heterocycles. The van der Waals surface area contributed by atoms with Crippen LogP contribution in [0.2, 0.25) is 0 Å². The molecule has 0 amide bonds. The first-order chi connectivity index (χ1) is 44.9. The first-order valence-corrected chi connectivity index (χ1v) is 41.5. The fourth-order valence-electron chi connectivity index (χ4n) is 11.3. The minimum Gasteiger partial charge on any atom is -0.462 e. The van der Waals surface area contributed by atoms with Gasteiger partial charge in [-0.05, 0) is 37.5 Å². The van der Waals surface area contributed by atoms with Crippen LogP contribution in [0.15, 0.2) is 0 Å². The van der Waals surface area contributed by atoms with Gasteiger partial charge in [0.25, 0.3) is 0 Å². The average molecular weight is 1370 g/mol. The minimum absolute atomic E-state index is 0.103. The summed E-state index contributed by atoms with van der Waals surface area (Å²) in [4.78, 5) is 72.5. The quantitative estimate of drug-likeness (QED) is 0.0222. The summed E-state index contributed by atoms with van der Waals surface area (Å²) in [5.74, 6) is -0.558. The molecule has 93 heavy (non-hydrogen) atoms. The zero-order chi connectivity index (χ0) is 68.6. The number of hydrogen-bond donors (Lipinski definition) is 3. The summed E-state index contributed by atoms with van der Waals surface area (Å²) < 4.78 is 68.3. The van der Waals surface area contributed by atoms with Gasteiger partial charge >= 0.3 is 39.5 Å². The van der Waals surface area contributed by atoms with Crippen molar-refractivity contribution in [2.24, 2.45) is 11.8 Å². The Morgan fingerprint density at radius 3 is 0.817 bits per heavy atom. The number of hydrogen-bond acceptors (Lipinski definition) is 15. The van der Waals surface area contributed by atoms with Crippen LogP contribution in [-0.4, -0.2) is 96.7 Å². The summed E-state index contributed by atoms with van der Waals surface area (Å²) in [6, 6.07) is 0. The summed E-state index contributed by atoms with van der Waals surface area (Å²) >= 11 is 0. The lowest BCUT2D eigenvalue weighted by Crippen LogP contribution is -2.30. The van der Waals surface area contributed by atoms with E-state index in [4.69, 9.17) is 37.0 Å². The molecule has 17 nitrogen and oxygen atoms in total. The van der Waals surface area contributed by atoms with Gasteiger partial charge in [0.15, 0.2) is 12.2 Å². The van der Waals surface area contributed by atoms with Gasteiger partial charge in [-0.1, -0.05) is 330 Å². The molecule has 0 aromatic carbocycles. The highest BCUT2D eigenvalue weighted by molar-refractivity contribution is 7.47. The monoisotopic (exact) mass is 1370 g/mol. The van der Waals surface area contributed by atoms with Crippen LogP contribution in [0.4, 0.5) is 0 Å². The Morgan fingerprint density at radius 1 is 0.312 bits per heavy atom. The maximum absolute atomic E-state index is 13.1. The van der Waals surface area contributed by atoms with Crippen LogP contribution in [0.25, 0.3) is 0 Å². The molecule has 0 saturated carbocycles. The number of phosphoric acid groups is 2. The van der Waals surface area contributed by atoms with E-state index in [1.54, 1.807) is 0 Å². The third-order valence-electron chi connectivity index (χ3n) is 17.6. The number of esters is 4. The zero-order valence-electron chi connectivity index (χ0n) is 60.6. The first-order valence-electron chi connectivity index (χ1n) is 38.5. The number of ether oxygens (including phenoxy) is 4. The van der Waals surface area contributed by atoms with E-state index in [2.05, 4.69) is 41.5 Å². The van der Waals surface area contributed by atoms with Crippen molar-refractivity contribution in [1.82, 2.24) is 0 Å². The average Bonchev–Trinajstić information content (AvgIpc) is 1.91. The van der Waals surface area contributed by atoms with E-state index in [0.29, 0.717) is 31.6 Å². The molecule has 0 aliphatic heterocycles. The molecule has 0 aliphatic carbocycles. The van der Waals surface area contributed by atoms with Crippen LogP contribution < -0.4 is 0 Å². The normalized spacial score (nSPS) is 14.3. The number of carbonyl (C=O) groups excluding carboxylic acids is 4. The van der Waals surface area contributed by atoms with Crippen molar-refractivity contribution in [2.75, 3.05) is 39.6 Å². The Kier molecular flexibility index (Phi) is 64.6. The van der Waals surface area contributed by atoms with Gasteiger partial charge in [0.05, 0.1) is 26.4 Å². The third kappa shape index (κ3) is 67.0. The summed E-state index contributed by atoms with van der Waals surface area (Å²) in [5, 5.41) is 10.6. The highest BCUT2D eigenvalue weighted by Crippen LogP contribution is 2.45. The number of rotatable bonds is 73. The molecule has 0 radical (unpaired) electrons. The molecule has 19 heteroatoms. The van der Waals surface area contributed by atoms with Crippen molar-refractivity contribution in [3.05, 3.63) is 0 Å². The van der Waals surface area contributed by atoms with Crippen LogP contribution in [0, 0.1) is 11.8 Å². The molecule has 0 spiro atoms. The lowest BCUT2D eigenvalue weighted by molar-refractivity contribution is -0.161. The topological polar surface area (TPSA) is 237 Å². The fourth-order valence-corrected chi connectivity index (χ4v) is 12.8. The fraction of sp³-hybridized carbons (Fsp3) is 0.946. The third-order valence-corrected chi connectivity index (χ3v) is 19.5. The summed E-state index contributed by atoms with van der Waals surface area (Å²) in [6.45, 7) is 9.54.